The predicted molar refractivity (Wildman–Crippen MR) is 98.6 cm³/mol. The van der Waals surface area contributed by atoms with Gasteiger partial charge in [-0.1, -0.05) is 20.4 Å². The second-order valence-electron chi connectivity index (χ2n) is 10.2. The quantitative estimate of drug-likeness (QED) is 0.724. The number of fused-ring (bicyclic) bond motifs is 2. The molecule has 2 saturated heterocycles. The van der Waals surface area contributed by atoms with E-state index in [2.05, 4.69) is 20.4 Å². The Bertz CT molecular complexity index is 701. The SMILES string of the molecule is C=C1C(=O)[C@@]23[C@@H](CC[C@@H]1[C@@H]2O)[C@@]12C(OCC)O[C@@H]3C[C@@H]1C(C)(C)CC[C@@H]2O. The molecular formula is C22H32O5. The minimum atomic E-state index is -0.946. The van der Waals surface area contributed by atoms with Gasteiger partial charge in [0, 0.05) is 12.5 Å². The molecule has 0 aromatic heterocycles. The molecule has 4 saturated carbocycles. The van der Waals surface area contributed by atoms with Crippen LogP contribution >= 0.6 is 0 Å². The van der Waals surface area contributed by atoms with Gasteiger partial charge in [-0.2, -0.15) is 0 Å². The normalized spacial score (nSPS) is 55.4. The summed E-state index contributed by atoms with van der Waals surface area (Å²) in [5, 5.41) is 22.7. The number of aliphatic hydroxyl groups excluding tert-OH is 2. The lowest BCUT2D eigenvalue weighted by Crippen LogP contribution is -2.79. The smallest absolute Gasteiger partial charge is 0.170 e. The molecule has 0 radical (unpaired) electrons. The third kappa shape index (κ3) is 1.79. The molecular weight excluding hydrogens is 344 g/mol. The Morgan fingerprint density at radius 2 is 1.96 bits per heavy atom. The number of hydrogen-bond donors (Lipinski definition) is 2. The minimum Gasteiger partial charge on any atom is -0.392 e. The molecule has 2 N–H and O–H groups in total. The molecule has 2 aliphatic heterocycles. The molecule has 4 aliphatic carbocycles. The van der Waals surface area contributed by atoms with Gasteiger partial charge in [0.2, 0.25) is 0 Å². The molecule has 0 amide bonds. The fourth-order valence-corrected chi connectivity index (χ4v) is 8.12. The minimum absolute atomic E-state index is 0.0177. The molecule has 5 heteroatoms. The van der Waals surface area contributed by atoms with E-state index in [1.54, 1.807) is 0 Å². The Balaban J connectivity index is 1.74. The average molecular weight is 376 g/mol. The van der Waals surface area contributed by atoms with E-state index in [1.165, 1.54) is 0 Å². The molecule has 4 bridgehead atoms. The number of Topliss-reactive ketones (excluding diaryl/α,β-unsaturated/α-hetero) is 1. The van der Waals surface area contributed by atoms with Crippen LogP contribution in [-0.4, -0.2) is 47.2 Å². The van der Waals surface area contributed by atoms with E-state index in [0.29, 0.717) is 25.0 Å². The number of aliphatic hydroxyl groups is 2. The molecule has 0 aromatic rings. The Kier molecular flexibility index (Phi) is 3.68. The molecule has 27 heavy (non-hydrogen) atoms. The number of carbonyl (C=O) groups excluding carboxylic acids is 1. The summed E-state index contributed by atoms with van der Waals surface area (Å²) in [6.45, 7) is 11.0. The van der Waals surface area contributed by atoms with Gasteiger partial charge < -0.3 is 19.7 Å². The number of carbonyl (C=O) groups is 1. The molecule has 1 unspecified atom stereocenters. The van der Waals surface area contributed by atoms with Crippen LogP contribution in [0.25, 0.3) is 0 Å². The van der Waals surface area contributed by atoms with Crippen molar-refractivity contribution in [1.29, 1.82) is 0 Å². The molecule has 2 spiro atoms. The van der Waals surface area contributed by atoms with Crippen molar-refractivity contribution in [3.05, 3.63) is 12.2 Å². The standard InChI is InChI=1S/C22H32O5/c1-5-26-19-21-13-7-6-12-11(2)17(24)22(13,18(12)25)16(27-19)10-14(21)20(3,4)9-8-15(21)23/h12-16,18-19,23,25H,2,5-10H2,1,3-4H3/t12-,13-,14+,15-,16+,18-,19?,21+,22-/m0/s1. The fourth-order valence-electron chi connectivity index (χ4n) is 8.12. The zero-order chi connectivity index (χ0) is 19.4. The van der Waals surface area contributed by atoms with Crippen molar-refractivity contribution in [3.63, 3.8) is 0 Å². The van der Waals surface area contributed by atoms with Crippen molar-refractivity contribution >= 4 is 5.78 Å². The van der Waals surface area contributed by atoms with E-state index in [9.17, 15) is 15.0 Å². The first kappa shape index (κ1) is 18.3. The van der Waals surface area contributed by atoms with Crippen molar-refractivity contribution in [3.8, 4) is 0 Å². The van der Waals surface area contributed by atoms with E-state index >= 15 is 0 Å². The molecule has 2 heterocycles. The third-order valence-electron chi connectivity index (χ3n) is 9.13. The average Bonchev–Trinajstić information content (AvgIpc) is 2.74. The van der Waals surface area contributed by atoms with E-state index in [-0.39, 0.29) is 35.1 Å². The zero-order valence-electron chi connectivity index (χ0n) is 16.6. The van der Waals surface area contributed by atoms with Crippen LogP contribution < -0.4 is 0 Å². The van der Waals surface area contributed by atoms with Gasteiger partial charge in [0.25, 0.3) is 0 Å². The first-order valence-electron chi connectivity index (χ1n) is 10.6. The van der Waals surface area contributed by atoms with Gasteiger partial charge in [-0.25, -0.2) is 0 Å². The van der Waals surface area contributed by atoms with Crippen LogP contribution in [0.2, 0.25) is 0 Å². The Morgan fingerprint density at radius 1 is 1.22 bits per heavy atom. The van der Waals surface area contributed by atoms with Crippen molar-refractivity contribution < 1.29 is 24.5 Å². The van der Waals surface area contributed by atoms with Crippen LogP contribution in [0.4, 0.5) is 0 Å². The van der Waals surface area contributed by atoms with Crippen LogP contribution in [0.15, 0.2) is 12.2 Å². The molecule has 150 valence electrons. The number of ketones is 1. The summed E-state index contributed by atoms with van der Waals surface area (Å²) >= 11 is 0. The van der Waals surface area contributed by atoms with Gasteiger partial charge in [0.05, 0.1) is 29.1 Å². The van der Waals surface area contributed by atoms with Crippen LogP contribution in [0, 0.1) is 34.0 Å². The van der Waals surface area contributed by atoms with Crippen molar-refractivity contribution in [1.82, 2.24) is 0 Å². The number of hydrogen-bond acceptors (Lipinski definition) is 5. The monoisotopic (exact) mass is 376 g/mol. The van der Waals surface area contributed by atoms with Gasteiger partial charge in [0.1, 0.15) is 0 Å². The summed E-state index contributed by atoms with van der Waals surface area (Å²) < 4.78 is 12.5. The highest BCUT2D eigenvalue weighted by molar-refractivity contribution is 6.04. The maximum atomic E-state index is 13.5. The largest absolute Gasteiger partial charge is 0.392 e. The summed E-state index contributed by atoms with van der Waals surface area (Å²) in [6, 6.07) is 0. The second-order valence-corrected chi connectivity index (χ2v) is 10.2. The summed E-state index contributed by atoms with van der Waals surface area (Å²) in [5.41, 5.74) is -0.984. The Morgan fingerprint density at radius 3 is 2.67 bits per heavy atom. The van der Waals surface area contributed by atoms with Gasteiger partial charge in [-0.05, 0) is 61.9 Å². The summed E-state index contributed by atoms with van der Waals surface area (Å²) in [4.78, 5) is 13.5. The van der Waals surface area contributed by atoms with E-state index in [1.807, 2.05) is 6.92 Å². The van der Waals surface area contributed by atoms with Gasteiger partial charge in [-0.3, -0.25) is 4.79 Å². The highest BCUT2D eigenvalue weighted by Gasteiger charge is 2.81. The third-order valence-corrected chi connectivity index (χ3v) is 9.13. The van der Waals surface area contributed by atoms with E-state index < -0.39 is 29.3 Å². The highest BCUT2D eigenvalue weighted by Crippen LogP contribution is 2.75. The predicted octanol–water partition coefficient (Wildman–Crippen LogP) is 2.45. The Hall–Kier alpha value is -0.750. The number of rotatable bonds is 2. The van der Waals surface area contributed by atoms with Crippen LogP contribution in [0.1, 0.15) is 52.9 Å². The summed E-state index contributed by atoms with van der Waals surface area (Å²) in [7, 11) is 0. The van der Waals surface area contributed by atoms with E-state index in [0.717, 1.165) is 19.3 Å². The lowest BCUT2D eigenvalue weighted by Gasteiger charge is -2.73. The molecule has 6 rings (SSSR count). The summed E-state index contributed by atoms with van der Waals surface area (Å²) in [6.07, 6.45) is 1.71. The van der Waals surface area contributed by atoms with Crippen LogP contribution in [0.5, 0.6) is 0 Å². The zero-order valence-corrected chi connectivity index (χ0v) is 16.6. The van der Waals surface area contributed by atoms with Gasteiger partial charge >= 0.3 is 0 Å². The second kappa shape index (κ2) is 5.44. The number of ether oxygens (including phenoxy) is 2. The summed E-state index contributed by atoms with van der Waals surface area (Å²) in [5.74, 6) is -0.0848. The van der Waals surface area contributed by atoms with Gasteiger partial charge in [-0.15, -0.1) is 0 Å². The van der Waals surface area contributed by atoms with Crippen LogP contribution in [0.3, 0.4) is 0 Å². The lowest BCUT2D eigenvalue weighted by atomic mass is 9.37. The first-order valence-corrected chi connectivity index (χ1v) is 10.6. The molecule has 0 aromatic carbocycles. The first-order chi connectivity index (χ1) is 12.7. The highest BCUT2D eigenvalue weighted by atomic mass is 16.7. The maximum Gasteiger partial charge on any atom is 0.170 e. The van der Waals surface area contributed by atoms with Gasteiger partial charge in [0.15, 0.2) is 12.1 Å². The van der Waals surface area contributed by atoms with Crippen molar-refractivity contribution in [2.45, 2.75) is 77.5 Å². The van der Waals surface area contributed by atoms with Crippen LogP contribution in [-0.2, 0) is 14.3 Å². The topological polar surface area (TPSA) is 76.0 Å². The van der Waals surface area contributed by atoms with E-state index in [4.69, 9.17) is 9.47 Å². The lowest BCUT2D eigenvalue weighted by molar-refractivity contribution is -0.408. The van der Waals surface area contributed by atoms with Crippen molar-refractivity contribution in [2.24, 2.45) is 34.0 Å². The molecule has 9 atom stereocenters. The Labute approximate surface area is 161 Å². The molecule has 5 nitrogen and oxygen atoms in total. The molecule has 6 aliphatic rings. The van der Waals surface area contributed by atoms with Crippen molar-refractivity contribution in [2.75, 3.05) is 6.61 Å². The fraction of sp³-hybridized carbons (Fsp3) is 0.864. The maximum absolute atomic E-state index is 13.5. The molecule has 6 fully saturated rings.